The summed E-state index contributed by atoms with van der Waals surface area (Å²) in [7, 11) is 1.58. The number of rotatable bonds is 5. The molecule has 2 N–H and O–H groups in total. The van der Waals surface area contributed by atoms with Crippen molar-refractivity contribution in [3.05, 3.63) is 53.5 Å². The molecule has 0 atom stereocenters. The molecule has 0 fully saturated rings. The topological polar surface area (TPSA) is 25.8 Å². The molecule has 0 saturated carbocycles. The van der Waals surface area contributed by atoms with Crippen LogP contribution in [0.5, 0.6) is 0 Å². The highest BCUT2D eigenvalue weighted by Gasteiger charge is 1.99. The third kappa shape index (κ3) is 4.69. The molecule has 0 amide bonds. The Morgan fingerprint density at radius 3 is 2.59 bits per heavy atom. The van der Waals surface area contributed by atoms with E-state index in [2.05, 4.69) is 0 Å². The lowest BCUT2D eigenvalue weighted by molar-refractivity contribution is -0.842. The van der Waals surface area contributed by atoms with Crippen molar-refractivity contribution in [3.8, 4) is 0 Å². The van der Waals surface area contributed by atoms with Crippen molar-refractivity contribution >= 4 is 17.2 Å². The molecule has 0 unspecified atom stereocenters. The molecule has 0 aliphatic carbocycles. The third-order valence-electron chi connectivity index (χ3n) is 2.27. The number of nitrogens with two attached hydrogens (primary N) is 1. The summed E-state index contributed by atoms with van der Waals surface area (Å²) < 4.78 is 12.8. The highest BCUT2D eigenvalue weighted by Crippen LogP contribution is 2.16. The third-order valence-corrected chi connectivity index (χ3v) is 2.58. The molecule has 0 bridgehead atoms. The van der Waals surface area contributed by atoms with Gasteiger partial charge in [-0.2, -0.15) is 5.48 Å². The van der Waals surface area contributed by atoms with Gasteiger partial charge in [0.05, 0.1) is 13.0 Å². The van der Waals surface area contributed by atoms with Gasteiger partial charge in [0.1, 0.15) is 12.0 Å². The highest BCUT2D eigenvalue weighted by atomic mass is 35.5. The molecule has 0 spiro atoms. The molecule has 1 aromatic rings. The monoisotopic (exact) mass is 256 g/mol. The average Bonchev–Trinajstić information content (AvgIpc) is 2.35. The zero-order chi connectivity index (χ0) is 12.7. The molecule has 1 rings (SSSR count). The molecule has 4 heteroatoms. The van der Waals surface area contributed by atoms with E-state index in [4.69, 9.17) is 16.4 Å². The average molecular weight is 257 g/mol. The summed E-state index contributed by atoms with van der Waals surface area (Å²) in [5.41, 5.74) is 4.52. The van der Waals surface area contributed by atoms with E-state index < -0.39 is 0 Å². The number of allylic oxidation sites excluding steroid dienone is 3. The SMILES string of the molecule is CO[NH2+]/C=C(\C=C(/C)c1ccc(F)cc1)CCl. The maximum Gasteiger partial charge on any atom is 0.129 e. The first-order chi connectivity index (χ1) is 8.17. The standard InChI is InChI=1S/C13H15ClFNO/c1-10(7-11(8-14)9-16-17-2)12-3-5-13(15)6-4-12/h3-7,9,16H,8H2,1-2H3/p+1/b10-7+,11-9+. The van der Waals surface area contributed by atoms with Crippen molar-refractivity contribution in [1.29, 1.82) is 0 Å². The van der Waals surface area contributed by atoms with E-state index in [9.17, 15) is 4.39 Å². The predicted octanol–water partition coefficient (Wildman–Crippen LogP) is 2.48. The second-order valence-corrected chi connectivity index (χ2v) is 3.85. The van der Waals surface area contributed by atoms with Crippen LogP contribution in [0.2, 0.25) is 0 Å². The fourth-order valence-corrected chi connectivity index (χ4v) is 1.53. The van der Waals surface area contributed by atoms with E-state index in [1.165, 1.54) is 12.1 Å². The van der Waals surface area contributed by atoms with E-state index in [0.29, 0.717) is 5.88 Å². The Morgan fingerprint density at radius 1 is 1.41 bits per heavy atom. The van der Waals surface area contributed by atoms with Gasteiger partial charge in [-0.15, -0.1) is 11.6 Å². The largest absolute Gasteiger partial charge is 0.207 e. The van der Waals surface area contributed by atoms with E-state index in [-0.39, 0.29) is 5.82 Å². The summed E-state index contributed by atoms with van der Waals surface area (Å²) in [5, 5.41) is 0. The molecule has 17 heavy (non-hydrogen) atoms. The van der Waals surface area contributed by atoms with E-state index in [1.807, 2.05) is 13.0 Å². The lowest BCUT2D eigenvalue weighted by Crippen LogP contribution is -2.76. The molecule has 0 aliphatic rings. The molecule has 92 valence electrons. The van der Waals surface area contributed by atoms with Gasteiger partial charge >= 0.3 is 0 Å². The normalized spacial score (nSPS) is 12.9. The van der Waals surface area contributed by atoms with Gasteiger partial charge in [0.15, 0.2) is 0 Å². The second kappa shape index (κ2) is 7.22. The van der Waals surface area contributed by atoms with Crippen molar-refractivity contribution in [2.75, 3.05) is 13.0 Å². The smallest absolute Gasteiger partial charge is 0.129 e. The van der Waals surface area contributed by atoms with Crippen molar-refractivity contribution < 1.29 is 14.7 Å². The lowest BCUT2D eigenvalue weighted by Gasteiger charge is -2.02. The molecule has 0 saturated heterocycles. The number of quaternary nitrogens is 1. The number of halogens is 2. The van der Waals surface area contributed by atoms with Crippen LogP contribution in [0, 0.1) is 5.82 Å². The summed E-state index contributed by atoms with van der Waals surface area (Å²) >= 11 is 5.81. The Hall–Kier alpha value is -1.16. The number of hydrogen-bond acceptors (Lipinski definition) is 1. The zero-order valence-corrected chi connectivity index (χ0v) is 10.7. The summed E-state index contributed by atoms with van der Waals surface area (Å²) in [6, 6.07) is 6.37. The van der Waals surface area contributed by atoms with Crippen LogP contribution in [0.3, 0.4) is 0 Å². The first-order valence-electron chi connectivity index (χ1n) is 5.22. The van der Waals surface area contributed by atoms with E-state index in [0.717, 1.165) is 16.7 Å². The Morgan fingerprint density at radius 2 is 2.06 bits per heavy atom. The van der Waals surface area contributed by atoms with E-state index >= 15 is 0 Å². The molecule has 2 nitrogen and oxygen atoms in total. The predicted molar refractivity (Wildman–Crippen MR) is 67.8 cm³/mol. The number of benzene rings is 1. The van der Waals surface area contributed by atoms with Crippen LogP contribution in [-0.4, -0.2) is 13.0 Å². The van der Waals surface area contributed by atoms with Crippen LogP contribution in [0.25, 0.3) is 5.57 Å². The van der Waals surface area contributed by atoms with Crippen LogP contribution in [0.15, 0.2) is 42.1 Å². The van der Waals surface area contributed by atoms with Crippen LogP contribution >= 0.6 is 11.6 Å². The van der Waals surface area contributed by atoms with Crippen molar-refractivity contribution in [2.45, 2.75) is 6.92 Å². The van der Waals surface area contributed by atoms with Crippen LogP contribution in [0.1, 0.15) is 12.5 Å². The summed E-state index contributed by atoms with van der Waals surface area (Å²) in [4.78, 5) is 4.84. The van der Waals surface area contributed by atoms with Crippen molar-refractivity contribution in [3.63, 3.8) is 0 Å². The minimum atomic E-state index is -0.234. The minimum Gasteiger partial charge on any atom is -0.207 e. The molecular weight excluding hydrogens is 241 g/mol. The maximum absolute atomic E-state index is 12.8. The summed E-state index contributed by atoms with van der Waals surface area (Å²) in [5.74, 6) is 0.167. The minimum absolute atomic E-state index is 0.234. The first-order valence-corrected chi connectivity index (χ1v) is 5.76. The lowest BCUT2D eigenvalue weighted by atomic mass is 10.1. The molecule has 0 heterocycles. The fraction of sp³-hybridized carbons (Fsp3) is 0.231. The Labute approximate surface area is 106 Å². The van der Waals surface area contributed by atoms with Gasteiger partial charge in [0.25, 0.3) is 0 Å². The fourth-order valence-electron chi connectivity index (χ4n) is 1.36. The van der Waals surface area contributed by atoms with Gasteiger partial charge in [-0.1, -0.05) is 12.1 Å². The highest BCUT2D eigenvalue weighted by molar-refractivity contribution is 6.19. The molecule has 0 radical (unpaired) electrons. The zero-order valence-electron chi connectivity index (χ0n) is 9.91. The van der Waals surface area contributed by atoms with Gasteiger partial charge in [-0.3, -0.25) is 0 Å². The molecule has 1 aromatic carbocycles. The molecule has 0 aromatic heterocycles. The Balaban J connectivity index is 2.86. The van der Waals surface area contributed by atoms with Gasteiger partial charge in [-0.25, -0.2) is 9.23 Å². The summed E-state index contributed by atoms with van der Waals surface area (Å²) in [6.45, 7) is 1.96. The number of hydroxylamine groups is 1. The van der Waals surface area contributed by atoms with Crippen LogP contribution < -0.4 is 5.48 Å². The number of hydrogen-bond donors (Lipinski definition) is 1. The van der Waals surface area contributed by atoms with Gasteiger partial charge in [0.2, 0.25) is 0 Å². The Kier molecular flexibility index (Phi) is 5.91. The molecular formula is C13H16ClFNO+. The maximum atomic E-state index is 12.8. The molecule has 0 aliphatic heterocycles. The van der Waals surface area contributed by atoms with Gasteiger partial charge in [-0.05, 0) is 36.3 Å². The van der Waals surface area contributed by atoms with Crippen LogP contribution in [-0.2, 0) is 4.84 Å². The quantitative estimate of drug-likeness (QED) is 0.489. The van der Waals surface area contributed by atoms with Crippen molar-refractivity contribution in [2.24, 2.45) is 0 Å². The Bertz CT molecular complexity index is 412. The van der Waals surface area contributed by atoms with Gasteiger partial charge in [0, 0.05) is 5.57 Å². The van der Waals surface area contributed by atoms with Crippen LogP contribution in [0.4, 0.5) is 4.39 Å². The number of alkyl halides is 1. The van der Waals surface area contributed by atoms with E-state index in [1.54, 1.807) is 30.9 Å². The second-order valence-electron chi connectivity index (χ2n) is 3.58. The van der Waals surface area contributed by atoms with Gasteiger partial charge < -0.3 is 0 Å². The summed E-state index contributed by atoms with van der Waals surface area (Å²) in [6.07, 6.45) is 3.76. The van der Waals surface area contributed by atoms with Crippen molar-refractivity contribution in [1.82, 2.24) is 0 Å². The first kappa shape index (κ1) is 13.9.